The Morgan fingerprint density at radius 3 is 2.45 bits per heavy atom. The quantitative estimate of drug-likeness (QED) is 0.518. The number of hydrogen-bond acceptors (Lipinski definition) is 4. The summed E-state index contributed by atoms with van der Waals surface area (Å²) >= 11 is 6.81. The molecule has 0 atom stereocenters. The number of rotatable bonds is 5. The molecule has 2 aromatic carbocycles. The van der Waals surface area contributed by atoms with E-state index in [1.807, 2.05) is 19.1 Å². The molecule has 0 saturated heterocycles. The van der Waals surface area contributed by atoms with E-state index in [9.17, 15) is 4.79 Å². The Morgan fingerprint density at radius 1 is 1.14 bits per heavy atom. The third-order valence-electron chi connectivity index (χ3n) is 2.82. The smallest absolute Gasteiger partial charge is 0.349 e. The van der Waals surface area contributed by atoms with Crippen molar-refractivity contribution in [3.05, 3.63) is 50.9 Å². The lowest BCUT2D eigenvalue weighted by molar-refractivity contribution is -0.136. The zero-order chi connectivity index (χ0) is 16.1. The fourth-order valence-electron chi connectivity index (χ4n) is 1.86. The number of methoxy groups -OCH3 is 1. The Labute approximate surface area is 145 Å². The third-order valence-corrected chi connectivity index (χ3v) is 3.87. The van der Waals surface area contributed by atoms with Gasteiger partial charge in [-0.05, 0) is 52.7 Å². The van der Waals surface area contributed by atoms with E-state index in [1.54, 1.807) is 24.3 Å². The van der Waals surface area contributed by atoms with Crippen LogP contribution < -0.4 is 14.2 Å². The molecule has 0 amide bonds. The molecule has 0 bridgehead atoms. The highest BCUT2D eigenvalue weighted by Gasteiger charge is 2.13. The number of halogens is 2. The van der Waals surface area contributed by atoms with Crippen LogP contribution in [0.1, 0.15) is 5.56 Å². The highest BCUT2D eigenvalue weighted by molar-refractivity contribution is 9.11. The molecule has 0 radical (unpaired) electrons. The molecule has 0 saturated carbocycles. The second-order valence-corrected chi connectivity index (χ2v) is 6.22. The van der Waals surface area contributed by atoms with Gasteiger partial charge in [0.1, 0.15) is 5.75 Å². The van der Waals surface area contributed by atoms with E-state index in [2.05, 4.69) is 31.9 Å². The van der Waals surface area contributed by atoms with Gasteiger partial charge >= 0.3 is 5.97 Å². The van der Waals surface area contributed by atoms with E-state index in [1.165, 1.54) is 7.11 Å². The number of carbonyl (C=O) groups is 1. The van der Waals surface area contributed by atoms with Gasteiger partial charge in [0.25, 0.3) is 0 Å². The number of ether oxygens (including phenoxy) is 3. The molecule has 2 rings (SSSR count). The molecule has 0 aliphatic carbocycles. The predicted octanol–water partition coefficient (Wildman–Crippen LogP) is 4.51. The lowest BCUT2D eigenvalue weighted by Crippen LogP contribution is -2.18. The highest BCUT2D eigenvalue weighted by atomic mass is 79.9. The van der Waals surface area contributed by atoms with Crippen LogP contribution in [0.2, 0.25) is 0 Å². The second-order valence-electron chi connectivity index (χ2n) is 4.45. The summed E-state index contributed by atoms with van der Waals surface area (Å²) in [5.74, 6) is 0.973. The molecule has 116 valence electrons. The molecule has 0 aliphatic rings. The number of benzene rings is 2. The van der Waals surface area contributed by atoms with Crippen LogP contribution in [0, 0.1) is 6.92 Å². The summed E-state index contributed by atoms with van der Waals surface area (Å²) in [6.07, 6.45) is 0. The van der Waals surface area contributed by atoms with Gasteiger partial charge in [-0.15, -0.1) is 0 Å². The van der Waals surface area contributed by atoms with Gasteiger partial charge in [0.2, 0.25) is 0 Å². The zero-order valence-corrected chi connectivity index (χ0v) is 15.2. The molecule has 0 aromatic heterocycles. The van der Waals surface area contributed by atoms with Crippen LogP contribution in [0.5, 0.6) is 17.2 Å². The van der Waals surface area contributed by atoms with Crippen molar-refractivity contribution in [1.29, 1.82) is 0 Å². The monoisotopic (exact) mass is 428 g/mol. The number of para-hydroxylation sites is 2. The summed E-state index contributed by atoms with van der Waals surface area (Å²) in [5.41, 5.74) is 0.909. The van der Waals surface area contributed by atoms with Crippen molar-refractivity contribution in [2.75, 3.05) is 13.7 Å². The molecule has 0 aliphatic heterocycles. The van der Waals surface area contributed by atoms with Crippen LogP contribution in [0.4, 0.5) is 0 Å². The Balaban J connectivity index is 2.02. The first-order chi connectivity index (χ1) is 10.5. The van der Waals surface area contributed by atoms with Crippen molar-refractivity contribution in [2.24, 2.45) is 0 Å². The molecule has 0 N–H and O–H groups in total. The van der Waals surface area contributed by atoms with Gasteiger partial charge in [-0.2, -0.15) is 0 Å². The summed E-state index contributed by atoms with van der Waals surface area (Å²) in [7, 11) is 1.52. The van der Waals surface area contributed by atoms with E-state index in [0.29, 0.717) is 17.2 Å². The Hall–Kier alpha value is -1.53. The van der Waals surface area contributed by atoms with Crippen molar-refractivity contribution in [3.8, 4) is 17.2 Å². The lowest BCUT2D eigenvalue weighted by Gasteiger charge is -2.12. The first kappa shape index (κ1) is 16.8. The molecular weight excluding hydrogens is 416 g/mol. The largest absolute Gasteiger partial charge is 0.493 e. The van der Waals surface area contributed by atoms with E-state index >= 15 is 0 Å². The number of carbonyl (C=O) groups excluding carboxylic acids is 1. The van der Waals surface area contributed by atoms with Crippen LogP contribution >= 0.6 is 31.9 Å². The summed E-state index contributed by atoms with van der Waals surface area (Å²) in [4.78, 5) is 11.9. The maximum Gasteiger partial charge on any atom is 0.349 e. The molecule has 0 spiro atoms. The van der Waals surface area contributed by atoms with E-state index < -0.39 is 5.97 Å². The number of esters is 1. The van der Waals surface area contributed by atoms with Crippen LogP contribution in [0.15, 0.2) is 45.3 Å². The fourth-order valence-corrected chi connectivity index (χ4v) is 3.41. The SMILES string of the molecule is COc1ccccc1OC(=O)COc1c(C)cc(Br)cc1Br. The van der Waals surface area contributed by atoms with Gasteiger partial charge in [0, 0.05) is 4.47 Å². The van der Waals surface area contributed by atoms with Gasteiger partial charge in [0.15, 0.2) is 18.1 Å². The zero-order valence-electron chi connectivity index (χ0n) is 12.1. The number of aryl methyl sites for hydroxylation is 1. The summed E-state index contributed by atoms with van der Waals surface area (Å²) in [6, 6.07) is 10.7. The third kappa shape index (κ3) is 4.24. The van der Waals surface area contributed by atoms with Crippen molar-refractivity contribution in [1.82, 2.24) is 0 Å². The van der Waals surface area contributed by atoms with E-state index in [0.717, 1.165) is 14.5 Å². The van der Waals surface area contributed by atoms with Crippen molar-refractivity contribution >= 4 is 37.8 Å². The normalized spacial score (nSPS) is 10.2. The minimum atomic E-state index is -0.501. The Morgan fingerprint density at radius 2 is 1.82 bits per heavy atom. The first-order valence-corrected chi connectivity index (χ1v) is 8.02. The molecule has 0 fully saturated rings. The van der Waals surface area contributed by atoms with Gasteiger partial charge in [-0.3, -0.25) is 0 Å². The molecule has 4 nitrogen and oxygen atoms in total. The summed E-state index contributed by atoms with van der Waals surface area (Å²) in [5, 5.41) is 0. The van der Waals surface area contributed by atoms with Crippen molar-refractivity contribution in [2.45, 2.75) is 6.92 Å². The van der Waals surface area contributed by atoms with E-state index in [-0.39, 0.29) is 6.61 Å². The molecule has 6 heteroatoms. The lowest BCUT2D eigenvalue weighted by atomic mass is 10.2. The fraction of sp³-hybridized carbons (Fsp3) is 0.188. The maximum atomic E-state index is 11.9. The summed E-state index contributed by atoms with van der Waals surface area (Å²) < 4.78 is 17.6. The molecule has 2 aromatic rings. The molecule has 22 heavy (non-hydrogen) atoms. The Bertz CT molecular complexity index is 663. The minimum Gasteiger partial charge on any atom is -0.493 e. The van der Waals surface area contributed by atoms with Crippen molar-refractivity contribution < 1.29 is 19.0 Å². The average Bonchev–Trinajstić information content (AvgIpc) is 2.46. The van der Waals surface area contributed by atoms with Crippen LogP contribution in [-0.4, -0.2) is 19.7 Å². The van der Waals surface area contributed by atoms with Gasteiger partial charge in [-0.25, -0.2) is 4.79 Å². The predicted molar refractivity (Wildman–Crippen MR) is 90.7 cm³/mol. The topological polar surface area (TPSA) is 44.8 Å². The van der Waals surface area contributed by atoms with E-state index in [4.69, 9.17) is 14.2 Å². The Kier molecular flexibility index (Phi) is 5.85. The standard InChI is InChI=1S/C16H14Br2O4/c1-10-7-11(17)8-12(18)16(10)21-9-15(19)22-14-6-4-3-5-13(14)20-2/h3-8H,9H2,1-2H3. The van der Waals surface area contributed by atoms with Crippen molar-refractivity contribution in [3.63, 3.8) is 0 Å². The highest BCUT2D eigenvalue weighted by Crippen LogP contribution is 2.32. The first-order valence-electron chi connectivity index (χ1n) is 6.43. The van der Waals surface area contributed by atoms with Crippen LogP contribution in [0.3, 0.4) is 0 Å². The number of hydrogen-bond donors (Lipinski definition) is 0. The van der Waals surface area contributed by atoms with Crippen LogP contribution in [-0.2, 0) is 4.79 Å². The average molecular weight is 430 g/mol. The van der Waals surface area contributed by atoms with Gasteiger partial charge in [0.05, 0.1) is 11.6 Å². The maximum absolute atomic E-state index is 11.9. The van der Waals surface area contributed by atoms with Gasteiger partial charge < -0.3 is 14.2 Å². The second kappa shape index (κ2) is 7.65. The van der Waals surface area contributed by atoms with Crippen LogP contribution in [0.25, 0.3) is 0 Å². The summed E-state index contributed by atoms with van der Waals surface area (Å²) in [6.45, 7) is 1.70. The minimum absolute atomic E-state index is 0.195. The molecular formula is C16H14Br2O4. The molecule has 0 heterocycles. The van der Waals surface area contributed by atoms with Gasteiger partial charge in [-0.1, -0.05) is 28.1 Å². The molecule has 0 unspecified atom stereocenters.